The van der Waals surface area contributed by atoms with Crippen LogP contribution in [0.1, 0.15) is 35.8 Å². The number of hydrogen-bond acceptors (Lipinski definition) is 7. The van der Waals surface area contributed by atoms with E-state index < -0.39 is 10.0 Å². The average Bonchev–Trinajstić information content (AvgIpc) is 3.50. The number of fused-ring (bicyclic) bond motifs is 1. The molecule has 0 spiro atoms. The Morgan fingerprint density at radius 2 is 1.89 bits per heavy atom. The molecule has 2 N–H and O–H groups in total. The second kappa shape index (κ2) is 9.07. The maximum atomic E-state index is 13.5. The fourth-order valence-electron chi connectivity index (χ4n) is 4.36. The first-order valence-electron chi connectivity index (χ1n) is 11.6. The highest BCUT2D eigenvalue weighted by Crippen LogP contribution is 2.51. The summed E-state index contributed by atoms with van der Waals surface area (Å²) in [7, 11) is -0.361. The second-order valence-corrected chi connectivity index (χ2v) is 11.2. The Hall–Kier alpha value is -4.12. The number of ether oxygens (including phenoxy) is 2. The first kappa shape index (κ1) is 24.6. The summed E-state index contributed by atoms with van der Waals surface area (Å²) in [6, 6.07) is 12.6. The number of benzene rings is 2. The molecule has 2 aromatic carbocycles. The van der Waals surface area contributed by atoms with Crippen LogP contribution in [0.3, 0.4) is 0 Å². The third kappa shape index (κ3) is 4.94. The summed E-state index contributed by atoms with van der Waals surface area (Å²) in [5.41, 5.74) is 2.61. The van der Waals surface area contributed by atoms with E-state index in [0.717, 1.165) is 35.6 Å². The van der Waals surface area contributed by atoms with Crippen LogP contribution in [0, 0.1) is 0 Å². The SMILES string of the molecule is COc1c(NC(=O)c2cc3cccc(Oc4ccncn4)c3n2C)cc(C2(C)CC2)cc1NS(C)(=O)=O. The van der Waals surface area contributed by atoms with Gasteiger partial charge in [0.15, 0.2) is 11.5 Å². The number of methoxy groups -OCH3 is 1. The van der Waals surface area contributed by atoms with Gasteiger partial charge >= 0.3 is 0 Å². The molecule has 10 nitrogen and oxygen atoms in total. The van der Waals surface area contributed by atoms with Crippen molar-refractivity contribution in [2.45, 2.75) is 25.2 Å². The molecular weight excluding hydrogens is 494 g/mol. The minimum atomic E-state index is -3.57. The predicted molar refractivity (Wildman–Crippen MR) is 141 cm³/mol. The lowest BCUT2D eigenvalue weighted by Crippen LogP contribution is -2.18. The highest BCUT2D eigenvalue weighted by Gasteiger charge is 2.40. The summed E-state index contributed by atoms with van der Waals surface area (Å²) in [4.78, 5) is 21.5. The molecule has 5 rings (SSSR count). The molecule has 192 valence electrons. The van der Waals surface area contributed by atoms with Crippen molar-refractivity contribution in [1.29, 1.82) is 0 Å². The lowest BCUT2D eigenvalue weighted by Gasteiger charge is -2.19. The fraction of sp³-hybridized carbons (Fsp3) is 0.269. The minimum Gasteiger partial charge on any atom is -0.492 e. The Morgan fingerprint density at radius 1 is 1.14 bits per heavy atom. The number of anilines is 2. The standard InChI is InChI=1S/C26H27N5O5S/c1-26(9-10-26)17-13-18(24(35-3)19(14-17)30-37(4,33)34)29-25(32)20-12-16-6-5-7-21(23(16)31(20)2)36-22-8-11-27-15-28-22/h5-8,11-15,30H,9-10H2,1-4H3,(H,29,32). The van der Waals surface area contributed by atoms with Crippen LogP contribution < -0.4 is 19.5 Å². The average molecular weight is 522 g/mol. The quantitative estimate of drug-likeness (QED) is 0.351. The van der Waals surface area contributed by atoms with Gasteiger partial charge in [0.1, 0.15) is 12.0 Å². The van der Waals surface area contributed by atoms with E-state index in [1.54, 1.807) is 42.1 Å². The molecule has 0 bridgehead atoms. The second-order valence-electron chi connectivity index (χ2n) is 9.43. The molecular formula is C26H27N5O5S. The summed E-state index contributed by atoms with van der Waals surface area (Å²) in [5, 5.41) is 3.74. The zero-order valence-electron chi connectivity index (χ0n) is 20.9. The molecule has 1 aliphatic carbocycles. The largest absolute Gasteiger partial charge is 0.492 e. The first-order chi connectivity index (χ1) is 17.6. The lowest BCUT2D eigenvalue weighted by molar-refractivity contribution is 0.101. The maximum Gasteiger partial charge on any atom is 0.272 e. The van der Waals surface area contributed by atoms with Crippen molar-refractivity contribution < 1.29 is 22.7 Å². The number of para-hydroxylation sites is 1. The predicted octanol–water partition coefficient (Wildman–Crippen LogP) is 4.44. The molecule has 11 heteroatoms. The molecule has 4 aromatic rings. The molecule has 1 saturated carbocycles. The van der Waals surface area contributed by atoms with Crippen LogP contribution in [0.15, 0.2) is 55.0 Å². The highest BCUT2D eigenvalue weighted by molar-refractivity contribution is 7.92. The number of carbonyl (C=O) groups excluding carboxylic acids is 1. The fourth-order valence-corrected chi connectivity index (χ4v) is 4.91. The molecule has 37 heavy (non-hydrogen) atoms. The van der Waals surface area contributed by atoms with Crippen LogP contribution in [0.5, 0.6) is 17.4 Å². The van der Waals surface area contributed by atoms with E-state index in [4.69, 9.17) is 9.47 Å². The normalized spacial score (nSPS) is 14.3. The van der Waals surface area contributed by atoms with Gasteiger partial charge in [0.25, 0.3) is 5.91 Å². The van der Waals surface area contributed by atoms with Gasteiger partial charge in [-0.3, -0.25) is 9.52 Å². The van der Waals surface area contributed by atoms with Crippen molar-refractivity contribution in [1.82, 2.24) is 14.5 Å². The van der Waals surface area contributed by atoms with Crippen LogP contribution in [0.25, 0.3) is 10.9 Å². The van der Waals surface area contributed by atoms with E-state index in [9.17, 15) is 13.2 Å². The van der Waals surface area contributed by atoms with Gasteiger partial charge < -0.3 is 19.4 Å². The topological polar surface area (TPSA) is 124 Å². The number of aryl methyl sites for hydroxylation is 1. The monoisotopic (exact) mass is 521 g/mol. The number of nitrogens with one attached hydrogen (secondary N) is 2. The number of aromatic nitrogens is 3. The summed E-state index contributed by atoms with van der Waals surface area (Å²) in [6.45, 7) is 2.10. The van der Waals surface area contributed by atoms with Crippen LogP contribution in [-0.2, 0) is 22.5 Å². The van der Waals surface area contributed by atoms with Crippen molar-refractivity contribution in [3.63, 3.8) is 0 Å². The van der Waals surface area contributed by atoms with Gasteiger partial charge in [-0.15, -0.1) is 0 Å². The Balaban J connectivity index is 1.53. The van der Waals surface area contributed by atoms with E-state index in [-0.39, 0.29) is 22.8 Å². The van der Waals surface area contributed by atoms with Gasteiger partial charge in [-0.1, -0.05) is 19.1 Å². The van der Waals surface area contributed by atoms with E-state index in [1.165, 1.54) is 13.4 Å². The third-order valence-corrected chi connectivity index (χ3v) is 7.15. The van der Waals surface area contributed by atoms with Crippen molar-refractivity contribution in [2.75, 3.05) is 23.4 Å². The zero-order valence-corrected chi connectivity index (χ0v) is 21.7. The number of sulfonamides is 1. The molecule has 2 heterocycles. The van der Waals surface area contributed by atoms with Crippen LogP contribution in [-0.4, -0.2) is 42.2 Å². The van der Waals surface area contributed by atoms with E-state index >= 15 is 0 Å². The molecule has 0 saturated heterocycles. The number of carbonyl (C=O) groups is 1. The van der Waals surface area contributed by atoms with E-state index in [0.29, 0.717) is 23.0 Å². The smallest absolute Gasteiger partial charge is 0.272 e. The lowest BCUT2D eigenvalue weighted by atomic mass is 9.96. The summed E-state index contributed by atoms with van der Waals surface area (Å²) in [6.07, 6.45) is 6.01. The van der Waals surface area contributed by atoms with Gasteiger partial charge in [-0.05, 0) is 48.1 Å². The maximum absolute atomic E-state index is 13.5. The van der Waals surface area contributed by atoms with Crippen LogP contribution in [0.4, 0.5) is 11.4 Å². The van der Waals surface area contributed by atoms with Crippen LogP contribution >= 0.6 is 0 Å². The van der Waals surface area contributed by atoms with E-state index in [2.05, 4.69) is 26.9 Å². The molecule has 2 aromatic heterocycles. The first-order valence-corrected chi connectivity index (χ1v) is 13.5. The van der Waals surface area contributed by atoms with Gasteiger partial charge in [0.2, 0.25) is 15.9 Å². The molecule has 0 unspecified atom stereocenters. The van der Waals surface area contributed by atoms with Crippen molar-refractivity contribution in [3.05, 3.63) is 66.2 Å². The van der Waals surface area contributed by atoms with Gasteiger partial charge in [0.05, 0.1) is 30.3 Å². The Bertz CT molecular complexity index is 1610. The van der Waals surface area contributed by atoms with Gasteiger partial charge in [-0.25, -0.2) is 18.4 Å². The number of nitrogens with zero attached hydrogens (tertiary/aromatic N) is 3. The molecule has 0 atom stereocenters. The van der Waals surface area contributed by atoms with Crippen molar-refractivity contribution in [3.8, 4) is 17.4 Å². The summed E-state index contributed by atoms with van der Waals surface area (Å²) in [5.74, 6) is 0.779. The van der Waals surface area contributed by atoms with Crippen molar-refractivity contribution in [2.24, 2.45) is 7.05 Å². The molecule has 1 amide bonds. The Kier molecular flexibility index (Phi) is 6.03. The Labute approximate surface area is 214 Å². The highest BCUT2D eigenvalue weighted by atomic mass is 32.2. The zero-order chi connectivity index (χ0) is 26.4. The number of rotatable bonds is 8. The third-order valence-electron chi connectivity index (χ3n) is 6.55. The van der Waals surface area contributed by atoms with Crippen molar-refractivity contribution >= 4 is 38.2 Å². The van der Waals surface area contributed by atoms with Crippen LogP contribution in [0.2, 0.25) is 0 Å². The number of hydrogen-bond donors (Lipinski definition) is 2. The Morgan fingerprint density at radius 3 is 2.54 bits per heavy atom. The van der Waals surface area contributed by atoms with Gasteiger partial charge in [0, 0.05) is 24.7 Å². The molecule has 1 aliphatic rings. The minimum absolute atomic E-state index is 0.0768. The summed E-state index contributed by atoms with van der Waals surface area (Å²) >= 11 is 0. The molecule has 1 fully saturated rings. The molecule has 0 aliphatic heterocycles. The van der Waals surface area contributed by atoms with Gasteiger partial charge in [-0.2, -0.15) is 0 Å². The molecule has 0 radical (unpaired) electrons. The van der Waals surface area contributed by atoms with E-state index in [1.807, 2.05) is 18.2 Å². The number of amides is 1. The summed E-state index contributed by atoms with van der Waals surface area (Å²) < 4.78 is 39.8.